The molecule has 0 bridgehead atoms. The highest BCUT2D eigenvalue weighted by Crippen LogP contribution is 2.39. The quantitative estimate of drug-likeness (QED) is 0.284. The summed E-state index contributed by atoms with van der Waals surface area (Å²) < 4.78 is 50.9. The lowest BCUT2D eigenvalue weighted by molar-refractivity contribution is 0.260. The van der Waals surface area contributed by atoms with E-state index in [1.165, 1.54) is 0 Å². The lowest BCUT2D eigenvalue weighted by atomic mass is 10.3. The summed E-state index contributed by atoms with van der Waals surface area (Å²) in [7, 11) is -3.73. The zero-order valence-corrected chi connectivity index (χ0v) is 23.0. The van der Waals surface area contributed by atoms with E-state index in [2.05, 4.69) is 77.0 Å². The highest BCUT2D eigenvalue weighted by Gasteiger charge is 2.27. The first-order valence-corrected chi connectivity index (χ1v) is 13.7. The fraction of sp³-hybridized carbons (Fsp3) is 0.333. The molecule has 2 heterocycles. The van der Waals surface area contributed by atoms with E-state index in [0.717, 1.165) is 0 Å². The second-order valence-corrected chi connectivity index (χ2v) is 12.5. The highest BCUT2D eigenvalue weighted by molar-refractivity contribution is 14.1. The Hall–Kier alpha value is 0.330. The van der Waals surface area contributed by atoms with Gasteiger partial charge in [0.15, 0.2) is 0 Å². The Morgan fingerprint density at radius 1 is 0.862 bits per heavy atom. The van der Waals surface area contributed by atoms with E-state index in [1.807, 2.05) is 0 Å². The number of sulfone groups is 1. The first-order valence-electron chi connectivity index (χ1n) is 8.47. The molecule has 11 heteroatoms. The predicted octanol–water partition coefficient (Wildman–Crippen LogP) is 4.81. The van der Waals surface area contributed by atoms with Gasteiger partial charge in [0.2, 0.25) is 9.84 Å². The lowest BCUT2D eigenvalue weighted by Crippen LogP contribution is -2.09. The fourth-order valence-electron chi connectivity index (χ4n) is 2.48. The molecular formula is C18H14Br2I2O6S. The number of hydrogen-bond donors (Lipinski definition) is 0. The Morgan fingerprint density at radius 2 is 1.24 bits per heavy atom. The molecule has 2 fully saturated rings. The van der Waals surface area contributed by atoms with Crippen molar-refractivity contribution in [1.82, 2.24) is 0 Å². The van der Waals surface area contributed by atoms with E-state index < -0.39 is 9.84 Å². The third-order valence-corrected chi connectivity index (χ3v) is 8.69. The van der Waals surface area contributed by atoms with Crippen LogP contribution in [0.25, 0.3) is 0 Å². The average molecular weight is 772 g/mol. The molecule has 6 nitrogen and oxygen atoms in total. The maximum absolute atomic E-state index is 13.2. The van der Waals surface area contributed by atoms with Gasteiger partial charge in [-0.2, -0.15) is 0 Å². The monoisotopic (exact) mass is 770 g/mol. The molecule has 0 amide bonds. The fourth-order valence-corrected chi connectivity index (χ4v) is 8.02. The van der Waals surface area contributed by atoms with Crippen LogP contribution < -0.4 is 9.47 Å². The van der Waals surface area contributed by atoms with E-state index >= 15 is 0 Å². The smallest absolute Gasteiger partial charge is 0.206 e. The van der Waals surface area contributed by atoms with Crippen molar-refractivity contribution in [2.75, 3.05) is 26.4 Å². The van der Waals surface area contributed by atoms with E-state index in [4.69, 9.17) is 18.9 Å². The van der Waals surface area contributed by atoms with E-state index in [-0.39, 0.29) is 22.0 Å². The molecule has 2 aliphatic rings. The molecule has 156 valence electrons. The summed E-state index contributed by atoms with van der Waals surface area (Å²) in [5.41, 5.74) is 0. The maximum atomic E-state index is 13.2. The number of epoxide rings is 2. The second kappa shape index (κ2) is 9.06. The molecule has 0 aliphatic carbocycles. The van der Waals surface area contributed by atoms with Crippen LogP contribution in [-0.4, -0.2) is 47.1 Å². The van der Waals surface area contributed by atoms with Crippen LogP contribution in [0.5, 0.6) is 11.5 Å². The zero-order valence-electron chi connectivity index (χ0n) is 14.7. The standard InChI is InChI=1S/C18H14Br2I2O6S/c19-13-1-11(3-15(21)17(13)27-7-9-5-25-9)29(23,24)12-2-14(20)18(16(22)4-12)28-8-10-6-26-10/h1-4,9-10H,5-8H2/t9-,10+. The minimum absolute atomic E-state index is 0.118. The second-order valence-electron chi connectivity index (χ2n) is 6.47. The van der Waals surface area contributed by atoms with Crippen LogP contribution in [0.3, 0.4) is 0 Å². The third kappa shape index (κ3) is 5.40. The molecule has 0 saturated carbocycles. The van der Waals surface area contributed by atoms with Gasteiger partial charge in [-0.05, 0) is 101 Å². The van der Waals surface area contributed by atoms with Crippen molar-refractivity contribution < 1.29 is 27.4 Å². The molecule has 2 aromatic carbocycles. The number of benzene rings is 2. The average Bonchev–Trinajstić information content (AvgIpc) is 3.54. The molecule has 2 aliphatic heterocycles. The van der Waals surface area contributed by atoms with Crippen LogP contribution in [-0.2, 0) is 19.3 Å². The van der Waals surface area contributed by atoms with Gasteiger partial charge in [-0.15, -0.1) is 0 Å². The Morgan fingerprint density at radius 3 is 1.55 bits per heavy atom. The summed E-state index contributed by atoms with van der Waals surface area (Å²) in [6, 6.07) is 6.35. The summed E-state index contributed by atoms with van der Waals surface area (Å²) in [5, 5.41) is 0. The van der Waals surface area contributed by atoms with Gasteiger partial charge in [0.25, 0.3) is 0 Å². The SMILES string of the molecule is O=S(=O)(c1cc(Br)c(OC[C@@H]2CO2)c(I)c1)c1cc(Br)c(OC[C@H]2CO2)c(I)c1. The minimum Gasteiger partial charge on any atom is -0.488 e. The summed E-state index contributed by atoms with van der Waals surface area (Å²) in [6.07, 6.45) is 0.237. The molecule has 2 aromatic rings. The number of hydrogen-bond acceptors (Lipinski definition) is 6. The lowest BCUT2D eigenvalue weighted by Gasteiger charge is -2.14. The first kappa shape index (κ1) is 22.5. The number of rotatable bonds is 8. The molecule has 4 rings (SSSR count). The van der Waals surface area contributed by atoms with Crippen LogP contribution in [0.4, 0.5) is 0 Å². The normalized spacial score (nSPS) is 20.4. The van der Waals surface area contributed by atoms with Crippen molar-refractivity contribution in [3.05, 3.63) is 40.4 Å². The highest BCUT2D eigenvalue weighted by atomic mass is 127. The summed E-state index contributed by atoms with van der Waals surface area (Å²) in [4.78, 5) is 0.373. The maximum Gasteiger partial charge on any atom is 0.206 e. The van der Waals surface area contributed by atoms with E-state index in [9.17, 15) is 8.42 Å². The molecule has 0 aromatic heterocycles. The van der Waals surface area contributed by atoms with Crippen LogP contribution in [0.2, 0.25) is 0 Å². The van der Waals surface area contributed by atoms with Gasteiger partial charge in [-0.1, -0.05) is 0 Å². The van der Waals surface area contributed by atoms with Crippen molar-refractivity contribution in [2.45, 2.75) is 22.0 Å². The Labute approximate surface area is 212 Å². The van der Waals surface area contributed by atoms with Gasteiger partial charge < -0.3 is 18.9 Å². The largest absolute Gasteiger partial charge is 0.488 e. The van der Waals surface area contributed by atoms with Gasteiger partial charge in [0.05, 0.1) is 39.1 Å². The Balaban J connectivity index is 1.61. The van der Waals surface area contributed by atoms with Crippen molar-refractivity contribution in [3.8, 4) is 11.5 Å². The Bertz CT molecular complexity index is 931. The van der Waals surface area contributed by atoms with Gasteiger partial charge in [-0.25, -0.2) is 8.42 Å². The van der Waals surface area contributed by atoms with Crippen LogP contribution >= 0.6 is 77.0 Å². The molecule has 2 saturated heterocycles. The number of halogens is 4. The van der Waals surface area contributed by atoms with Crippen LogP contribution in [0.1, 0.15) is 0 Å². The van der Waals surface area contributed by atoms with Gasteiger partial charge in [0, 0.05) is 0 Å². The summed E-state index contributed by atoms with van der Waals surface area (Å²) in [5.74, 6) is 1.23. The van der Waals surface area contributed by atoms with E-state index in [0.29, 0.717) is 54.0 Å². The first-order chi connectivity index (χ1) is 13.8. The van der Waals surface area contributed by atoms with Gasteiger partial charge in [0.1, 0.15) is 36.9 Å². The molecular weight excluding hydrogens is 758 g/mol. The van der Waals surface area contributed by atoms with Crippen molar-refractivity contribution >= 4 is 86.9 Å². The molecule has 0 spiro atoms. The van der Waals surface area contributed by atoms with Crippen LogP contribution in [0.15, 0.2) is 43.0 Å². The van der Waals surface area contributed by atoms with E-state index in [1.54, 1.807) is 24.3 Å². The molecule has 0 N–H and O–H groups in total. The molecule has 0 unspecified atom stereocenters. The zero-order chi connectivity index (χ0) is 20.8. The third-order valence-electron chi connectivity index (χ3n) is 4.20. The van der Waals surface area contributed by atoms with Crippen molar-refractivity contribution in [2.24, 2.45) is 0 Å². The van der Waals surface area contributed by atoms with Crippen molar-refractivity contribution in [1.29, 1.82) is 0 Å². The van der Waals surface area contributed by atoms with Gasteiger partial charge in [-0.3, -0.25) is 0 Å². The van der Waals surface area contributed by atoms with Crippen LogP contribution in [0, 0.1) is 7.14 Å². The topological polar surface area (TPSA) is 77.7 Å². The predicted molar refractivity (Wildman–Crippen MR) is 130 cm³/mol. The molecule has 0 radical (unpaired) electrons. The number of ether oxygens (including phenoxy) is 4. The van der Waals surface area contributed by atoms with Gasteiger partial charge >= 0.3 is 0 Å². The summed E-state index contributed by atoms with van der Waals surface area (Å²) >= 11 is 11.0. The summed E-state index contributed by atoms with van der Waals surface area (Å²) in [6.45, 7) is 2.28. The molecule has 2 atom stereocenters. The van der Waals surface area contributed by atoms with Crippen molar-refractivity contribution in [3.63, 3.8) is 0 Å². The minimum atomic E-state index is -3.73. The molecule has 29 heavy (non-hydrogen) atoms. The Kier molecular flexibility index (Phi) is 7.04.